The molecule has 1 aliphatic heterocycles. The molecule has 0 saturated heterocycles. The molecule has 0 radical (unpaired) electrons. The van der Waals surface area contributed by atoms with Gasteiger partial charge < -0.3 is 24.3 Å². The minimum absolute atomic E-state index is 0.00827. The van der Waals surface area contributed by atoms with Crippen molar-refractivity contribution >= 4 is 11.9 Å². The molecule has 10 heteroatoms. The van der Waals surface area contributed by atoms with Crippen LogP contribution >= 0.6 is 0 Å². The summed E-state index contributed by atoms with van der Waals surface area (Å²) in [5.74, 6) is -2.68. The Morgan fingerprint density at radius 2 is 1.56 bits per heavy atom. The number of hydrogen-bond acceptors (Lipinski definition) is 7. The molecule has 1 aromatic rings. The van der Waals surface area contributed by atoms with E-state index in [1.54, 1.807) is 27.7 Å². The van der Waals surface area contributed by atoms with Crippen LogP contribution in [0.4, 0.5) is 13.2 Å². The summed E-state index contributed by atoms with van der Waals surface area (Å²) >= 11 is 0. The van der Waals surface area contributed by atoms with Crippen molar-refractivity contribution in [2.45, 2.75) is 46.1 Å². The number of halogens is 3. The molecule has 176 valence electrons. The van der Waals surface area contributed by atoms with Gasteiger partial charge in [-0.3, -0.25) is 0 Å². The van der Waals surface area contributed by atoms with Gasteiger partial charge in [0.15, 0.2) is 0 Å². The first-order chi connectivity index (χ1) is 14.9. The van der Waals surface area contributed by atoms with Crippen LogP contribution in [0.1, 0.15) is 39.2 Å². The third-order valence-corrected chi connectivity index (χ3v) is 4.51. The summed E-state index contributed by atoms with van der Waals surface area (Å²) in [5, 5.41) is 3.00. The minimum atomic E-state index is -4.84. The highest BCUT2D eigenvalue weighted by molar-refractivity contribution is 5.99. The SMILES string of the molecule is COCCOC(=O)C1=C(C)NC(C)=C(C(=O)OC(C)C)C1c1ccc(OC(F)(F)F)cc1. The zero-order valence-corrected chi connectivity index (χ0v) is 18.5. The lowest BCUT2D eigenvalue weighted by molar-refractivity contribution is -0.274. The number of dihydropyridines is 1. The van der Waals surface area contributed by atoms with Gasteiger partial charge in [-0.15, -0.1) is 13.2 Å². The average molecular weight is 457 g/mol. The summed E-state index contributed by atoms with van der Waals surface area (Å²) in [6.45, 7) is 6.84. The zero-order chi connectivity index (χ0) is 24.1. The monoisotopic (exact) mass is 457 g/mol. The Balaban J connectivity index is 2.52. The fourth-order valence-electron chi connectivity index (χ4n) is 3.30. The fourth-order valence-corrected chi connectivity index (χ4v) is 3.30. The topological polar surface area (TPSA) is 83.1 Å². The normalized spacial score (nSPS) is 16.7. The first-order valence-corrected chi connectivity index (χ1v) is 9.86. The van der Waals surface area contributed by atoms with Gasteiger partial charge in [-0.2, -0.15) is 0 Å². The van der Waals surface area contributed by atoms with Gasteiger partial charge in [-0.25, -0.2) is 9.59 Å². The molecule has 0 aliphatic carbocycles. The minimum Gasteiger partial charge on any atom is -0.460 e. The number of rotatable bonds is 8. The molecule has 1 N–H and O–H groups in total. The summed E-state index contributed by atoms with van der Waals surface area (Å²) in [6.07, 6.45) is -5.26. The van der Waals surface area contributed by atoms with Crippen LogP contribution in [-0.2, 0) is 23.8 Å². The van der Waals surface area contributed by atoms with Crippen LogP contribution in [0.3, 0.4) is 0 Å². The van der Waals surface area contributed by atoms with Gasteiger partial charge in [0.05, 0.1) is 29.8 Å². The van der Waals surface area contributed by atoms with Crippen LogP contribution in [0.2, 0.25) is 0 Å². The predicted octanol–water partition coefficient (Wildman–Crippen LogP) is 3.96. The van der Waals surface area contributed by atoms with Crippen LogP contribution in [0, 0.1) is 0 Å². The van der Waals surface area contributed by atoms with Gasteiger partial charge in [0.2, 0.25) is 0 Å². The maximum absolute atomic E-state index is 12.9. The van der Waals surface area contributed by atoms with E-state index < -0.39 is 36.1 Å². The second kappa shape index (κ2) is 10.5. The lowest BCUT2D eigenvalue weighted by atomic mass is 9.80. The molecule has 32 heavy (non-hydrogen) atoms. The number of alkyl halides is 3. The second-order valence-corrected chi connectivity index (χ2v) is 7.33. The molecule has 0 amide bonds. The molecule has 0 bridgehead atoms. The van der Waals surface area contributed by atoms with Crippen LogP contribution in [0.15, 0.2) is 46.8 Å². The molecule has 1 atom stereocenters. The molecule has 1 aromatic carbocycles. The van der Waals surface area contributed by atoms with Crippen LogP contribution in [0.5, 0.6) is 5.75 Å². The lowest BCUT2D eigenvalue weighted by Gasteiger charge is -2.31. The summed E-state index contributed by atoms with van der Waals surface area (Å²) in [5.41, 5.74) is 1.61. The summed E-state index contributed by atoms with van der Waals surface area (Å²) in [7, 11) is 1.46. The molecule has 1 aliphatic rings. The Kier molecular flexibility index (Phi) is 8.31. The highest BCUT2D eigenvalue weighted by Gasteiger charge is 2.38. The molecule has 1 heterocycles. The van der Waals surface area contributed by atoms with Gasteiger partial charge in [0, 0.05) is 18.5 Å². The Hall–Kier alpha value is -3.01. The highest BCUT2D eigenvalue weighted by atomic mass is 19.4. The van der Waals surface area contributed by atoms with Gasteiger partial charge in [-0.1, -0.05) is 12.1 Å². The molecule has 0 fully saturated rings. The van der Waals surface area contributed by atoms with E-state index in [-0.39, 0.29) is 24.4 Å². The first kappa shape index (κ1) is 25.3. The predicted molar refractivity (Wildman–Crippen MR) is 108 cm³/mol. The van der Waals surface area contributed by atoms with Crippen LogP contribution in [-0.4, -0.2) is 44.7 Å². The van der Waals surface area contributed by atoms with Gasteiger partial charge in [0.25, 0.3) is 0 Å². The Bertz CT molecular complexity index is 903. The summed E-state index contributed by atoms with van der Waals surface area (Å²) in [4.78, 5) is 25.8. The maximum Gasteiger partial charge on any atom is 0.573 e. The van der Waals surface area contributed by atoms with Crippen molar-refractivity contribution in [2.24, 2.45) is 0 Å². The number of nitrogens with one attached hydrogen (secondary N) is 1. The Labute approximate surface area is 184 Å². The molecular weight excluding hydrogens is 431 g/mol. The number of carbonyl (C=O) groups excluding carboxylic acids is 2. The number of ether oxygens (including phenoxy) is 4. The van der Waals surface area contributed by atoms with E-state index in [0.29, 0.717) is 17.0 Å². The third kappa shape index (κ3) is 6.49. The third-order valence-electron chi connectivity index (χ3n) is 4.51. The molecule has 1 unspecified atom stereocenters. The molecule has 0 aromatic heterocycles. The second-order valence-electron chi connectivity index (χ2n) is 7.33. The van der Waals surface area contributed by atoms with E-state index in [9.17, 15) is 22.8 Å². The van der Waals surface area contributed by atoms with Crippen LogP contribution < -0.4 is 10.1 Å². The molecule has 2 rings (SSSR count). The molecule has 0 spiro atoms. The van der Waals surface area contributed by atoms with E-state index in [0.717, 1.165) is 12.1 Å². The number of benzene rings is 1. The van der Waals surface area contributed by atoms with Crippen molar-refractivity contribution in [1.29, 1.82) is 0 Å². The van der Waals surface area contributed by atoms with Crippen molar-refractivity contribution in [1.82, 2.24) is 5.32 Å². The molecular formula is C22H26F3NO6. The van der Waals surface area contributed by atoms with E-state index in [1.165, 1.54) is 19.2 Å². The lowest BCUT2D eigenvalue weighted by Crippen LogP contribution is -2.33. The maximum atomic E-state index is 12.9. The Morgan fingerprint density at radius 1 is 1.00 bits per heavy atom. The molecule has 7 nitrogen and oxygen atoms in total. The Morgan fingerprint density at radius 3 is 2.06 bits per heavy atom. The van der Waals surface area contributed by atoms with Crippen molar-refractivity contribution in [3.63, 3.8) is 0 Å². The number of carbonyl (C=O) groups is 2. The number of hydrogen-bond donors (Lipinski definition) is 1. The number of allylic oxidation sites excluding steroid dienone is 2. The van der Waals surface area contributed by atoms with E-state index in [4.69, 9.17) is 14.2 Å². The van der Waals surface area contributed by atoms with Crippen molar-refractivity contribution < 1.29 is 41.7 Å². The summed E-state index contributed by atoms with van der Waals surface area (Å²) < 4.78 is 57.0. The fraction of sp³-hybridized carbons (Fsp3) is 0.455. The smallest absolute Gasteiger partial charge is 0.460 e. The zero-order valence-electron chi connectivity index (χ0n) is 18.5. The first-order valence-electron chi connectivity index (χ1n) is 9.86. The van der Waals surface area contributed by atoms with Gasteiger partial charge >= 0.3 is 18.3 Å². The van der Waals surface area contributed by atoms with Crippen molar-refractivity contribution in [2.75, 3.05) is 20.3 Å². The number of esters is 2. The summed E-state index contributed by atoms with van der Waals surface area (Å²) in [6, 6.07) is 4.97. The van der Waals surface area contributed by atoms with Crippen LogP contribution in [0.25, 0.3) is 0 Å². The van der Waals surface area contributed by atoms with Gasteiger partial charge in [0.1, 0.15) is 12.4 Å². The average Bonchev–Trinajstić information content (AvgIpc) is 2.66. The van der Waals surface area contributed by atoms with Gasteiger partial charge in [-0.05, 0) is 45.4 Å². The van der Waals surface area contributed by atoms with Crippen molar-refractivity contribution in [3.8, 4) is 5.75 Å². The largest absolute Gasteiger partial charge is 0.573 e. The van der Waals surface area contributed by atoms with E-state index in [1.807, 2.05) is 0 Å². The highest BCUT2D eigenvalue weighted by Crippen LogP contribution is 2.40. The quantitative estimate of drug-likeness (QED) is 0.467. The molecule has 0 saturated carbocycles. The van der Waals surface area contributed by atoms with E-state index >= 15 is 0 Å². The van der Waals surface area contributed by atoms with E-state index in [2.05, 4.69) is 10.1 Å². The standard InChI is InChI=1S/C22H26F3NO6/c1-12(2)31-21(28)18-14(4)26-13(3)17(20(27)30-11-10-29-5)19(18)15-6-8-16(9-7-15)32-22(23,24)25/h6-9,12,19,26H,10-11H2,1-5H3. The number of methoxy groups -OCH3 is 1. The van der Waals surface area contributed by atoms with Crippen molar-refractivity contribution in [3.05, 3.63) is 52.4 Å².